The molecule has 0 aromatic heterocycles. The number of allylic oxidation sites excluding steroid dienone is 3. The van der Waals surface area contributed by atoms with Crippen molar-refractivity contribution in [3.05, 3.63) is 24.3 Å². The molecule has 0 rings (SSSR count). The average Bonchev–Trinajstić information content (AvgIpc) is 2.43. The predicted molar refractivity (Wildman–Crippen MR) is 87.0 cm³/mol. The minimum atomic E-state index is -0.745. The summed E-state index contributed by atoms with van der Waals surface area (Å²) in [5.41, 5.74) is 0. The van der Waals surface area contributed by atoms with Gasteiger partial charge in [0.15, 0.2) is 0 Å². The molecule has 0 atom stereocenters. The van der Waals surface area contributed by atoms with E-state index in [-0.39, 0.29) is 6.42 Å². The molecule has 2 nitrogen and oxygen atoms in total. The molecule has 20 heavy (non-hydrogen) atoms. The first-order valence-corrected chi connectivity index (χ1v) is 8.29. The lowest BCUT2D eigenvalue weighted by Crippen LogP contribution is -1.89. The monoisotopic (exact) mass is 280 g/mol. The summed E-state index contributed by atoms with van der Waals surface area (Å²) in [5.74, 6) is -0.745. The van der Waals surface area contributed by atoms with Crippen molar-refractivity contribution in [3.63, 3.8) is 0 Å². The van der Waals surface area contributed by atoms with Crippen LogP contribution >= 0.6 is 0 Å². The Morgan fingerprint density at radius 1 is 0.750 bits per heavy atom. The molecule has 0 unspecified atom stereocenters. The lowest BCUT2D eigenvalue weighted by Gasteiger charge is -2.00. The van der Waals surface area contributed by atoms with E-state index in [9.17, 15) is 4.79 Å². The topological polar surface area (TPSA) is 37.3 Å². The average molecular weight is 280 g/mol. The van der Waals surface area contributed by atoms with Crippen LogP contribution in [0.5, 0.6) is 0 Å². The highest BCUT2D eigenvalue weighted by atomic mass is 16.4. The van der Waals surface area contributed by atoms with Gasteiger partial charge in [0.1, 0.15) is 0 Å². The Morgan fingerprint density at radius 3 is 1.70 bits per heavy atom. The summed E-state index contributed by atoms with van der Waals surface area (Å²) in [4.78, 5) is 10.3. The van der Waals surface area contributed by atoms with Crippen molar-refractivity contribution in [3.8, 4) is 0 Å². The standard InChI is InChI=1S/C18H32O2/c1-2-3-4-5-6-7-8-9-10-11-12-13-14-15-16-17-18(19)20/h4-5,15-16H,2-3,6-14,17H2,1H3,(H,19,20). The second kappa shape index (κ2) is 16.0. The van der Waals surface area contributed by atoms with E-state index >= 15 is 0 Å². The predicted octanol–water partition coefficient (Wildman–Crippen LogP) is 5.88. The maximum Gasteiger partial charge on any atom is 0.307 e. The van der Waals surface area contributed by atoms with Gasteiger partial charge in [-0.25, -0.2) is 0 Å². The Morgan fingerprint density at radius 2 is 1.20 bits per heavy atom. The maximum atomic E-state index is 10.3. The molecule has 0 fully saturated rings. The van der Waals surface area contributed by atoms with Crippen LogP contribution in [0.15, 0.2) is 24.3 Å². The molecule has 0 aliphatic carbocycles. The van der Waals surface area contributed by atoms with Gasteiger partial charge in [-0.05, 0) is 32.1 Å². The molecule has 0 aliphatic heterocycles. The van der Waals surface area contributed by atoms with Crippen LogP contribution in [0.1, 0.15) is 84.0 Å². The number of rotatable bonds is 14. The molecule has 0 aromatic rings. The van der Waals surface area contributed by atoms with Crippen LogP contribution in [0.2, 0.25) is 0 Å². The van der Waals surface area contributed by atoms with Crippen molar-refractivity contribution < 1.29 is 9.90 Å². The maximum absolute atomic E-state index is 10.3. The third kappa shape index (κ3) is 16.9. The fourth-order valence-corrected chi connectivity index (χ4v) is 2.11. The third-order valence-electron chi connectivity index (χ3n) is 3.32. The smallest absolute Gasteiger partial charge is 0.307 e. The normalized spacial score (nSPS) is 11.7. The van der Waals surface area contributed by atoms with E-state index in [4.69, 9.17) is 5.11 Å². The Hall–Kier alpha value is -1.05. The van der Waals surface area contributed by atoms with Gasteiger partial charge in [0, 0.05) is 0 Å². The summed E-state index contributed by atoms with van der Waals surface area (Å²) in [6.07, 6.45) is 22.5. The molecular formula is C18H32O2. The van der Waals surface area contributed by atoms with E-state index in [0.29, 0.717) is 0 Å². The molecule has 0 heterocycles. The fraction of sp³-hybridized carbons (Fsp3) is 0.722. The molecule has 0 bridgehead atoms. The number of carboxylic acids is 1. The first kappa shape index (κ1) is 18.9. The number of unbranched alkanes of at least 4 members (excludes halogenated alkanes) is 9. The van der Waals surface area contributed by atoms with Gasteiger partial charge in [-0.1, -0.05) is 69.8 Å². The summed E-state index contributed by atoms with van der Waals surface area (Å²) < 4.78 is 0. The highest BCUT2D eigenvalue weighted by Gasteiger charge is 1.92. The van der Waals surface area contributed by atoms with E-state index in [0.717, 1.165) is 6.42 Å². The summed E-state index contributed by atoms with van der Waals surface area (Å²) in [6.45, 7) is 2.21. The summed E-state index contributed by atoms with van der Waals surface area (Å²) in [7, 11) is 0. The van der Waals surface area contributed by atoms with Crippen molar-refractivity contribution in [2.24, 2.45) is 0 Å². The van der Waals surface area contributed by atoms with E-state index < -0.39 is 5.97 Å². The summed E-state index contributed by atoms with van der Waals surface area (Å²) in [6, 6.07) is 0. The number of hydrogen-bond donors (Lipinski definition) is 1. The van der Waals surface area contributed by atoms with Crippen molar-refractivity contribution in [1.29, 1.82) is 0 Å². The minimum absolute atomic E-state index is 0.159. The molecule has 0 radical (unpaired) electrons. The van der Waals surface area contributed by atoms with Gasteiger partial charge in [0.2, 0.25) is 0 Å². The van der Waals surface area contributed by atoms with Crippen LogP contribution in [0.3, 0.4) is 0 Å². The van der Waals surface area contributed by atoms with Crippen LogP contribution < -0.4 is 0 Å². The number of carbonyl (C=O) groups is 1. The zero-order valence-electron chi connectivity index (χ0n) is 13.2. The zero-order chi connectivity index (χ0) is 14.9. The molecular weight excluding hydrogens is 248 g/mol. The fourth-order valence-electron chi connectivity index (χ4n) is 2.11. The molecule has 0 saturated carbocycles. The largest absolute Gasteiger partial charge is 0.481 e. The Balaban J connectivity index is 3.09. The van der Waals surface area contributed by atoms with Gasteiger partial charge in [0.05, 0.1) is 6.42 Å². The van der Waals surface area contributed by atoms with Gasteiger partial charge in [0.25, 0.3) is 0 Å². The Bertz CT molecular complexity index is 267. The van der Waals surface area contributed by atoms with Crippen LogP contribution in [-0.4, -0.2) is 11.1 Å². The second-order valence-corrected chi connectivity index (χ2v) is 5.38. The molecule has 116 valence electrons. The van der Waals surface area contributed by atoms with Crippen molar-refractivity contribution in [1.82, 2.24) is 0 Å². The Labute approximate surface area is 125 Å². The molecule has 1 N–H and O–H groups in total. The van der Waals surface area contributed by atoms with Crippen LogP contribution in [0, 0.1) is 0 Å². The van der Waals surface area contributed by atoms with Gasteiger partial charge in [-0.15, -0.1) is 0 Å². The molecule has 2 heteroatoms. The first-order valence-electron chi connectivity index (χ1n) is 8.29. The quantitative estimate of drug-likeness (QED) is 0.318. The molecule has 0 aromatic carbocycles. The first-order chi connectivity index (χ1) is 9.77. The van der Waals surface area contributed by atoms with E-state index in [1.54, 1.807) is 6.08 Å². The number of aliphatic carboxylic acids is 1. The summed E-state index contributed by atoms with van der Waals surface area (Å²) >= 11 is 0. The molecule has 0 spiro atoms. The lowest BCUT2D eigenvalue weighted by molar-refractivity contribution is -0.136. The van der Waals surface area contributed by atoms with Crippen LogP contribution in [0.4, 0.5) is 0 Å². The van der Waals surface area contributed by atoms with Crippen molar-refractivity contribution in [2.45, 2.75) is 84.0 Å². The van der Waals surface area contributed by atoms with E-state index in [1.165, 1.54) is 64.2 Å². The van der Waals surface area contributed by atoms with Crippen molar-refractivity contribution in [2.75, 3.05) is 0 Å². The molecule has 0 amide bonds. The Kier molecular flexibility index (Phi) is 15.2. The molecule has 0 aliphatic rings. The summed E-state index contributed by atoms with van der Waals surface area (Å²) in [5, 5.41) is 8.46. The zero-order valence-corrected chi connectivity index (χ0v) is 13.2. The number of hydrogen-bond acceptors (Lipinski definition) is 1. The lowest BCUT2D eigenvalue weighted by atomic mass is 10.1. The second-order valence-electron chi connectivity index (χ2n) is 5.38. The minimum Gasteiger partial charge on any atom is -0.481 e. The highest BCUT2D eigenvalue weighted by molar-refractivity contribution is 5.68. The third-order valence-corrected chi connectivity index (χ3v) is 3.32. The van der Waals surface area contributed by atoms with Gasteiger partial charge < -0.3 is 5.11 Å². The van der Waals surface area contributed by atoms with Crippen molar-refractivity contribution >= 4 is 5.97 Å². The van der Waals surface area contributed by atoms with Crippen LogP contribution in [0.25, 0.3) is 0 Å². The van der Waals surface area contributed by atoms with Gasteiger partial charge >= 0.3 is 5.97 Å². The van der Waals surface area contributed by atoms with Gasteiger partial charge in [-0.3, -0.25) is 4.79 Å². The molecule has 0 saturated heterocycles. The highest BCUT2D eigenvalue weighted by Crippen LogP contribution is 2.10. The van der Waals surface area contributed by atoms with Gasteiger partial charge in [-0.2, -0.15) is 0 Å². The number of carboxylic acid groups (broad SMARTS) is 1. The van der Waals surface area contributed by atoms with E-state index in [1.807, 2.05) is 6.08 Å². The SMILES string of the molecule is CCCC=CCCCCCCCCCC=CCC(=O)O. The van der Waals surface area contributed by atoms with Crippen LogP contribution in [-0.2, 0) is 4.79 Å². The van der Waals surface area contributed by atoms with E-state index in [2.05, 4.69) is 19.1 Å².